The maximum atomic E-state index is 13.5. The summed E-state index contributed by atoms with van der Waals surface area (Å²) < 4.78 is 48.0. The lowest BCUT2D eigenvalue weighted by molar-refractivity contribution is -0.114. The lowest BCUT2D eigenvalue weighted by Gasteiger charge is -2.34. The molecule has 1 amide bonds. The molecule has 1 aromatic heterocycles. The van der Waals surface area contributed by atoms with Crippen LogP contribution in [0.1, 0.15) is 12.8 Å². The zero-order valence-electron chi connectivity index (χ0n) is 19.4. The number of anilines is 1. The molecule has 0 saturated carbocycles. The Morgan fingerprint density at radius 2 is 2.03 bits per heavy atom. The van der Waals surface area contributed by atoms with Gasteiger partial charge in [0.2, 0.25) is 0 Å². The molecular formula is C24H24N4O6S2. The van der Waals surface area contributed by atoms with E-state index in [1.54, 1.807) is 72.8 Å². The largest absolute Gasteiger partial charge is 0.743 e. The number of rotatable bonds is 6. The second-order valence-electron chi connectivity index (χ2n) is 8.56. The first-order chi connectivity index (χ1) is 17.3. The molecule has 2 saturated heterocycles. The molecule has 0 aliphatic carbocycles. The van der Waals surface area contributed by atoms with Crippen molar-refractivity contribution in [2.75, 3.05) is 31.7 Å². The lowest BCUT2D eigenvalue weighted by atomic mass is 10.2. The normalized spacial score (nSPS) is 25.9. The maximum Gasteiger partial charge on any atom is 0.303 e. The van der Waals surface area contributed by atoms with Crippen molar-refractivity contribution in [3.05, 3.63) is 72.4 Å². The molecule has 0 radical (unpaired) electrons. The number of amides is 1. The van der Waals surface area contributed by atoms with Gasteiger partial charge in [0.25, 0.3) is 5.91 Å². The standard InChI is InChI=1S/C24H24N4O6S2/c1-33-16-14-26-17(23(29)27(24(26)35)20-9-4-5-13-25-20)11-12-21-28(15-6-10-22(28)36(30,31)32)18-7-2-3-8-19(18)34-21/h2-5,7-9,11-13,22H,6,10,14-16H2,1H3. The number of quaternary nitrogens is 1. The van der Waals surface area contributed by atoms with Crippen molar-refractivity contribution in [2.45, 2.75) is 18.2 Å². The predicted octanol–water partition coefficient (Wildman–Crippen LogP) is 2.45. The fraction of sp³-hybridized carbons (Fsp3) is 0.292. The third-order valence-electron chi connectivity index (χ3n) is 6.61. The highest BCUT2D eigenvalue weighted by atomic mass is 32.2. The third-order valence-corrected chi connectivity index (χ3v) is 8.27. The number of ether oxygens (including phenoxy) is 2. The summed E-state index contributed by atoms with van der Waals surface area (Å²) in [7, 11) is -3.09. The van der Waals surface area contributed by atoms with E-state index in [1.165, 1.54) is 4.90 Å². The molecule has 10 nitrogen and oxygen atoms in total. The molecule has 2 aromatic rings. The van der Waals surface area contributed by atoms with E-state index in [1.807, 2.05) is 0 Å². The van der Waals surface area contributed by atoms with Gasteiger partial charge in [-0.3, -0.25) is 4.79 Å². The number of carbonyl (C=O) groups is 1. The van der Waals surface area contributed by atoms with Gasteiger partial charge in [-0.05, 0) is 36.5 Å². The van der Waals surface area contributed by atoms with Gasteiger partial charge in [0.1, 0.15) is 11.5 Å². The van der Waals surface area contributed by atoms with Crippen LogP contribution in [0.3, 0.4) is 0 Å². The van der Waals surface area contributed by atoms with E-state index < -0.39 is 15.5 Å². The summed E-state index contributed by atoms with van der Waals surface area (Å²) in [6, 6.07) is 12.3. The average Bonchev–Trinajstić information content (AvgIpc) is 3.51. The topological polar surface area (TPSA) is 112 Å². The Bertz CT molecular complexity index is 1380. The van der Waals surface area contributed by atoms with Crippen molar-refractivity contribution in [3.63, 3.8) is 0 Å². The minimum absolute atomic E-state index is 0.216. The van der Waals surface area contributed by atoms with Gasteiger partial charge in [-0.15, -0.1) is 0 Å². The molecular weight excluding hydrogens is 504 g/mol. The second-order valence-corrected chi connectivity index (χ2v) is 10.5. The van der Waals surface area contributed by atoms with E-state index in [0.717, 1.165) is 0 Å². The molecule has 2 unspecified atom stereocenters. The number of aromatic nitrogens is 1. The molecule has 188 valence electrons. The van der Waals surface area contributed by atoms with Crippen molar-refractivity contribution >= 4 is 44.9 Å². The van der Waals surface area contributed by atoms with E-state index in [2.05, 4.69) is 4.98 Å². The summed E-state index contributed by atoms with van der Waals surface area (Å²) in [5.41, 5.74) is 0.873. The summed E-state index contributed by atoms with van der Waals surface area (Å²) in [6.07, 6.45) is 5.45. The SMILES string of the molecule is COCCN1C(=S)N(c2ccccn2)C(=O)C1=CC=C1Oc2ccccc2[N+]12CCCC2S(=O)(=O)[O-]. The van der Waals surface area contributed by atoms with Gasteiger partial charge in [-0.1, -0.05) is 18.2 Å². The lowest BCUT2D eigenvalue weighted by Crippen LogP contribution is -2.54. The maximum absolute atomic E-state index is 13.5. The minimum atomic E-state index is -4.64. The molecule has 5 rings (SSSR count). The van der Waals surface area contributed by atoms with Crippen LogP contribution in [0.2, 0.25) is 0 Å². The molecule has 4 heterocycles. The van der Waals surface area contributed by atoms with Gasteiger partial charge in [0.05, 0.1) is 13.2 Å². The Hall–Kier alpha value is -3.16. The number of hydrogen-bond acceptors (Lipinski definition) is 8. The van der Waals surface area contributed by atoms with E-state index >= 15 is 0 Å². The number of para-hydroxylation sites is 2. The van der Waals surface area contributed by atoms with Crippen LogP contribution in [0.5, 0.6) is 5.75 Å². The average molecular weight is 529 g/mol. The quantitative estimate of drug-likeness (QED) is 0.242. The Labute approximate surface area is 214 Å². The first kappa shape index (κ1) is 24.5. The highest BCUT2D eigenvalue weighted by molar-refractivity contribution is 7.86. The van der Waals surface area contributed by atoms with Crippen molar-refractivity contribution in [1.82, 2.24) is 14.4 Å². The van der Waals surface area contributed by atoms with Crippen LogP contribution >= 0.6 is 12.2 Å². The van der Waals surface area contributed by atoms with Gasteiger partial charge >= 0.3 is 5.88 Å². The number of carbonyl (C=O) groups excluding carboxylic acids is 1. The summed E-state index contributed by atoms with van der Waals surface area (Å²) in [4.78, 5) is 20.7. The van der Waals surface area contributed by atoms with E-state index in [0.29, 0.717) is 43.4 Å². The number of thiocarbonyl (C=S) groups is 1. The number of pyridine rings is 1. The smallest absolute Gasteiger partial charge is 0.303 e. The van der Waals surface area contributed by atoms with Crippen LogP contribution in [0, 0.1) is 0 Å². The number of hydrogen-bond donors (Lipinski definition) is 0. The van der Waals surface area contributed by atoms with Gasteiger partial charge in [-0.25, -0.2) is 22.8 Å². The van der Waals surface area contributed by atoms with Crippen molar-refractivity contribution in [2.24, 2.45) is 0 Å². The van der Waals surface area contributed by atoms with Gasteiger partial charge in [-0.2, -0.15) is 0 Å². The summed E-state index contributed by atoms with van der Waals surface area (Å²) in [6.45, 7) is 1.02. The predicted molar refractivity (Wildman–Crippen MR) is 136 cm³/mol. The fourth-order valence-electron chi connectivity index (χ4n) is 5.06. The number of methoxy groups -OCH3 is 1. The van der Waals surface area contributed by atoms with Crippen LogP contribution in [0.4, 0.5) is 11.5 Å². The first-order valence-electron chi connectivity index (χ1n) is 11.4. The Morgan fingerprint density at radius 1 is 1.25 bits per heavy atom. The van der Waals surface area contributed by atoms with Crippen LogP contribution < -0.4 is 14.1 Å². The zero-order chi connectivity index (χ0) is 25.5. The van der Waals surface area contributed by atoms with E-state index in [-0.39, 0.29) is 33.5 Å². The Morgan fingerprint density at radius 3 is 2.75 bits per heavy atom. The summed E-state index contributed by atoms with van der Waals surface area (Å²) >= 11 is 5.60. The second kappa shape index (κ2) is 9.37. The van der Waals surface area contributed by atoms with Crippen LogP contribution in [0.25, 0.3) is 0 Å². The van der Waals surface area contributed by atoms with Crippen LogP contribution in [0.15, 0.2) is 72.4 Å². The van der Waals surface area contributed by atoms with Crippen molar-refractivity contribution < 1.29 is 27.2 Å². The van der Waals surface area contributed by atoms with Crippen LogP contribution in [-0.2, 0) is 19.6 Å². The minimum Gasteiger partial charge on any atom is -0.743 e. The van der Waals surface area contributed by atoms with Crippen LogP contribution in [-0.4, -0.2) is 66.1 Å². The highest BCUT2D eigenvalue weighted by Gasteiger charge is 2.57. The summed E-state index contributed by atoms with van der Waals surface area (Å²) in [5, 5.41) is -0.970. The molecule has 3 aliphatic heterocycles. The molecule has 12 heteroatoms. The molecule has 2 fully saturated rings. The first-order valence-corrected chi connectivity index (χ1v) is 13.3. The monoisotopic (exact) mass is 528 g/mol. The number of nitrogens with zero attached hydrogens (tertiary/aromatic N) is 4. The van der Waals surface area contributed by atoms with Crippen molar-refractivity contribution in [1.29, 1.82) is 0 Å². The molecule has 1 aromatic carbocycles. The fourth-order valence-corrected chi connectivity index (χ4v) is 6.65. The molecule has 1 spiro atoms. The van der Waals surface area contributed by atoms with E-state index in [9.17, 15) is 17.8 Å². The Kier molecular flexibility index (Phi) is 6.39. The zero-order valence-corrected chi connectivity index (χ0v) is 21.1. The third kappa shape index (κ3) is 3.91. The molecule has 2 atom stereocenters. The molecule has 0 N–H and O–H groups in total. The Balaban J connectivity index is 1.60. The summed E-state index contributed by atoms with van der Waals surface area (Å²) in [5.74, 6) is 0.754. The van der Waals surface area contributed by atoms with Gasteiger partial charge in [0, 0.05) is 44.8 Å². The van der Waals surface area contributed by atoms with Crippen molar-refractivity contribution in [3.8, 4) is 5.75 Å². The molecule has 3 aliphatic rings. The molecule has 36 heavy (non-hydrogen) atoms. The number of benzene rings is 1. The molecule has 0 bridgehead atoms. The highest BCUT2D eigenvalue weighted by Crippen LogP contribution is 2.51. The van der Waals surface area contributed by atoms with E-state index in [4.69, 9.17) is 21.7 Å². The van der Waals surface area contributed by atoms with Gasteiger partial charge in [0.15, 0.2) is 32.0 Å². The number of fused-ring (bicyclic) bond motifs is 2. The van der Waals surface area contributed by atoms with Gasteiger partial charge < -0.3 is 18.9 Å². The number of allylic oxidation sites excluding steroid dienone is 2.